The Bertz CT molecular complexity index is 537. The summed E-state index contributed by atoms with van der Waals surface area (Å²) in [5.74, 6) is 1.71. The summed E-state index contributed by atoms with van der Waals surface area (Å²) in [6, 6.07) is 11.6. The van der Waals surface area contributed by atoms with E-state index in [4.69, 9.17) is 9.15 Å². The van der Waals surface area contributed by atoms with Crippen LogP contribution in [0.2, 0.25) is 0 Å². The summed E-state index contributed by atoms with van der Waals surface area (Å²) in [5.41, 5.74) is 1.08. The molecule has 0 aliphatic rings. The quantitative estimate of drug-likeness (QED) is 0.688. The van der Waals surface area contributed by atoms with Crippen LogP contribution in [-0.4, -0.2) is 24.4 Å². The second-order valence-electron chi connectivity index (χ2n) is 4.87. The lowest BCUT2D eigenvalue weighted by atomic mass is 10.1. The lowest BCUT2D eigenvalue weighted by Crippen LogP contribution is -2.85. The van der Waals surface area contributed by atoms with E-state index in [0.717, 1.165) is 30.0 Å². The summed E-state index contributed by atoms with van der Waals surface area (Å²) in [6.45, 7) is 5.31. The minimum absolute atomic E-state index is 0.281. The Hall–Kier alpha value is -2.04. The Labute approximate surface area is 125 Å². The maximum absolute atomic E-state index is 9.95. The van der Waals surface area contributed by atoms with Gasteiger partial charge in [-0.1, -0.05) is 24.3 Å². The van der Waals surface area contributed by atoms with Gasteiger partial charge in [-0.25, -0.2) is 0 Å². The van der Waals surface area contributed by atoms with E-state index < -0.39 is 6.10 Å². The molecule has 0 amide bonds. The molecule has 4 nitrogen and oxygen atoms in total. The van der Waals surface area contributed by atoms with Gasteiger partial charge in [-0.2, -0.15) is 0 Å². The van der Waals surface area contributed by atoms with E-state index in [1.807, 2.05) is 47.8 Å². The zero-order valence-corrected chi connectivity index (χ0v) is 12.1. The molecule has 0 aliphatic heterocycles. The first-order valence-electron chi connectivity index (χ1n) is 7.13. The fourth-order valence-corrected chi connectivity index (χ4v) is 2.07. The van der Waals surface area contributed by atoms with Gasteiger partial charge in [0.1, 0.15) is 31.5 Å². The van der Waals surface area contributed by atoms with Gasteiger partial charge >= 0.3 is 0 Å². The number of aliphatic hydroxyl groups is 1. The standard InChI is InChI=1S/C17H21NO3/c1-2-6-14-7-3-4-9-17(14)21-13-15(19)11-18-12-16-8-5-10-20-16/h2-5,7-10,15,18-19H,1,6,11-13H2/p+1. The normalized spacial score (nSPS) is 12.0. The third kappa shape index (κ3) is 5.10. The first-order valence-corrected chi connectivity index (χ1v) is 7.13. The molecule has 1 atom stereocenters. The Morgan fingerprint density at radius 1 is 1.29 bits per heavy atom. The zero-order valence-electron chi connectivity index (χ0n) is 12.1. The molecular formula is C17H22NO3+. The van der Waals surface area contributed by atoms with Gasteiger partial charge in [0.15, 0.2) is 5.76 Å². The van der Waals surface area contributed by atoms with Crippen molar-refractivity contribution in [3.8, 4) is 5.75 Å². The fraction of sp³-hybridized carbons (Fsp3) is 0.294. The summed E-state index contributed by atoms with van der Waals surface area (Å²) in [6.07, 6.45) is 3.74. The highest BCUT2D eigenvalue weighted by atomic mass is 16.5. The first kappa shape index (κ1) is 15.4. The molecule has 21 heavy (non-hydrogen) atoms. The molecule has 0 saturated carbocycles. The van der Waals surface area contributed by atoms with Crippen LogP contribution in [0.3, 0.4) is 0 Å². The Balaban J connectivity index is 1.73. The number of furan rings is 1. The van der Waals surface area contributed by atoms with Crippen molar-refractivity contribution in [2.24, 2.45) is 0 Å². The van der Waals surface area contributed by atoms with Crippen LogP contribution in [0, 0.1) is 0 Å². The molecular weight excluding hydrogens is 266 g/mol. The molecule has 1 heterocycles. The van der Waals surface area contributed by atoms with E-state index in [9.17, 15) is 5.11 Å². The molecule has 0 radical (unpaired) electrons. The van der Waals surface area contributed by atoms with Gasteiger partial charge in [0.05, 0.1) is 6.26 Å². The van der Waals surface area contributed by atoms with Crippen LogP contribution in [-0.2, 0) is 13.0 Å². The Morgan fingerprint density at radius 2 is 2.14 bits per heavy atom. The average molecular weight is 288 g/mol. The molecule has 2 aromatic rings. The van der Waals surface area contributed by atoms with E-state index in [0.29, 0.717) is 6.54 Å². The van der Waals surface area contributed by atoms with Crippen molar-refractivity contribution in [3.05, 3.63) is 66.6 Å². The van der Waals surface area contributed by atoms with E-state index >= 15 is 0 Å². The number of hydrogen-bond donors (Lipinski definition) is 2. The fourth-order valence-electron chi connectivity index (χ4n) is 2.07. The highest BCUT2D eigenvalue weighted by Gasteiger charge is 2.09. The monoisotopic (exact) mass is 288 g/mol. The van der Waals surface area contributed by atoms with Crippen LogP contribution in [0.5, 0.6) is 5.75 Å². The van der Waals surface area contributed by atoms with Crippen LogP contribution in [0.25, 0.3) is 0 Å². The largest absolute Gasteiger partial charge is 0.490 e. The van der Waals surface area contributed by atoms with Gasteiger partial charge in [-0.3, -0.25) is 0 Å². The number of allylic oxidation sites excluding steroid dienone is 1. The second kappa shape index (κ2) is 8.29. The molecule has 1 aromatic carbocycles. The summed E-state index contributed by atoms with van der Waals surface area (Å²) in [5, 5.41) is 12.0. The predicted molar refractivity (Wildman–Crippen MR) is 81.0 cm³/mol. The number of hydrogen-bond acceptors (Lipinski definition) is 3. The van der Waals surface area contributed by atoms with E-state index in [-0.39, 0.29) is 6.61 Å². The van der Waals surface area contributed by atoms with Crippen LogP contribution >= 0.6 is 0 Å². The van der Waals surface area contributed by atoms with Crippen molar-refractivity contribution in [3.63, 3.8) is 0 Å². The second-order valence-corrected chi connectivity index (χ2v) is 4.87. The average Bonchev–Trinajstić information content (AvgIpc) is 3.00. The van der Waals surface area contributed by atoms with Crippen LogP contribution in [0.15, 0.2) is 59.7 Å². The number of benzene rings is 1. The maximum Gasteiger partial charge on any atom is 0.157 e. The van der Waals surface area contributed by atoms with Gasteiger partial charge in [-0.05, 0) is 30.2 Å². The van der Waals surface area contributed by atoms with Gasteiger partial charge in [0.2, 0.25) is 0 Å². The van der Waals surface area contributed by atoms with Gasteiger partial charge < -0.3 is 19.6 Å². The van der Waals surface area contributed by atoms with Crippen molar-refractivity contribution in [1.29, 1.82) is 0 Å². The van der Waals surface area contributed by atoms with Crippen molar-refractivity contribution in [2.75, 3.05) is 13.2 Å². The molecule has 3 N–H and O–H groups in total. The smallest absolute Gasteiger partial charge is 0.157 e. The van der Waals surface area contributed by atoms with Crippen LogP contribution < -0.4 is 10.1 Å². The van der Waals surface area contributed by atoms with Crippen molar-refractivity contribution in [2.45, 2.75) is 19.1 Å². The molecule has 2 rings (SSSR count). The van der Waals surface area contributed by atoms with E-state index in [1.54, 1.807) is 6.26 Å². The lowest BCUT2D eigenvalue weighted by Gasteiger charge is -2.13. The van der Waals surface area contributed by atoms with Gasteiger partial charge in [0, 0.05) is 0 Å². The van der Waals surface area contributed by atoms with E-state index in [1.165, 1.54) is 0 Å². The molecule has 0 bridgehead atoms. The number of aliphatic hydroxyl groups excluding tert-OH is 1. The summed E-state index contributed by atoms with van der Waals surface area (Å²) < 4.78 is 10.9. The molecule has 0 aliphatic carbocycles. The van der Waals surface area contributed by atoms with Crippen molar-refractivity contribution >= 4 is 0 Å². The lowest BCUT2D eigenvalue weighted by molar-refractivity contribution is -0.678. The first-order chi connectivity index (χ1) is 10.3. The van der Waals surface area contributed by atoms with Gasteiger partial charge in [-0.15, -0.1) is 6.58 Å². The highest BCUT2D eigenvalue weighted by Crippen LogP contribution is 2.18. The summed E-state index contributed by atoms with van der Waals surface area (Å²) in [7, 11) is 0. The molecule has 0 spiro atoms. The molecule has 112 valence electrons. The highest BCUT2D eigenvalue weighted by molar-refractivity contribution is 5.34. The van der Waals surface area contributed by atoms with Crippen LogP contribution in [0.4, 0.5) is 0 Å². The maximum atomic E-state index is 9.95. The van der Waals surface area contributed by atoms with E-state index in [2.05, 4.69) is 6.58 Å². The number of rotatable bonds is 9. The van der Waals surface area contributed by atoms with Gasteiger partial charge in [0.25, 0.3) is 0 Å². The van der Waals surface area contributed by atoms with Crippen LogP contribution in [0.1, 0.15) is 11.3 Å². The van der Waals surface area contributed by atoms with Crippen molar-refractivity contribution in [1.82, 2.24) is 0 Å². The topological polar surface area (TPSA) is 59.2 Å². The molecule has 1 unspecified atom stereocenters. The predicted octanol–water partition coefficient (Wildman–Crippen LogP) is 1.51. The molecule has 0 saturated heterocycles. The third-order valence-corrected chi connectivity index (χ3v) is 3.13. The summed E-state index contributed by atoms with van der Waals surface area (Å²) >= 11 is 0. The minimum Gasteiger partial charge on any atom is -0.490 e. The number of ether oxygens (including phenoxy) is 1. The third-order valence-electron chi connectivity index (χ3n) is 3.13. The van der Waals surface area contributed by atoms with Crippen molar-refractivity contribution < 1.29 is 19.6 Å². The number of nitrogens with two attached hydrogens (primary N) is 1. The Kier molecular flexibility index (Phi) is 6.06. The molecule has 4 heteroatoms. The summed E-state index contributed by atoms with van der Waals surface area (Å²) in [4.78, 5) is 0. The zero-order chi connectivity index (χ0) is 14.9. The Morgan fingerprint density at radius 3 is 2.90 bits per heavy atom. The molecule has 0 fully saturated rings. The SMILES string of the molecule is C=CCc1ccccc1OCC(O)C[NH2+]Cc1ccco1. The minimum atomic E-state index is -0.517. The number of para-hydroxylation sites is 1. The molecule has 1 aromatic heterocycles. The number of quaternary nitrogens is 1.